The largest absolute Gasteiger partial charge is 0.484 e. The van der Waals surface area contributed by atoms with Crippen LogP contribution in [-0.2, 0) is 11.3 Å². The van der Waals surface area contributed by atoms with Crippen LogP contribution in [0.2, 0.25) is 5.02 Å². The normalized spacial score (nSPS) is 11.1. The Morgan fingerprint density at radius 2 is 1.97 bits per heavy atom. The Bertz CT molecular complexity index is 1410. The third kappa shape index (κ3) is 4.81. The van der Waals surface area contributed by atoms with Crippen molar-refractivity contribution in [2.75, 3.05) is 13.2 Å². The lowest BCUT2D eigenvalue weighted by atomic mass is 10.2. The summed E-state index contributed by atoms with van der Waals surface area (Å²) in [4.78, 5) is 45.3. The standard InChI is InChI=1S/C23H20ClN3O5/c1-2-9-27(12-20-25-18-10-15(24)5-7-17(18)23(30)26-20)21(28)13-31-16-6-3-14-4-8-22(29)32-19(14)11-16/h3-8,10-11H,2,9,12-13H2,1H3,(H,25,26,30). The molecule has 8 nitrogen and oxygen atoms in total. The Morgan fingerprint density at radius 1 is 1.16 bits per heavy atom. The van der Waals surface area contributed by atoms with Gasteiger partial charge in [-0.25, -0.2) is 9.78 Å². The van der Waals surface area contributed by atoms with Crippen molar-refractivity contribution in [2.45, 2.75) is 19.9 Å². The van der Waals surface area contributed by atoms with Gasteiger partial charge in [0.25, 0.3) is 11.5 Å². The van der Waals surface area contributed by atoms with E-state index in [0.29, 0.717) is 39.6 Å². The van der Waals surface area contributed by atoms with Crippen LogP contribution in [-0.4, -0.2) is 33.9 Å². The number of nitrogens with one attached hydrogen (secondary N) is 1. The number of carbonyl (C=O) groups is 1. The van der Waals surface area contributed by atoms with E-state index in [1.165, 1.54) is 6.07 Å². The average Bonchev–Trinajstić information content (AvgIpc) is 2.76. The predicted molar refractivity (Wildman–Crippen MR) is 121 cm³/mol. The van der Waals surface area contributed by atoms with Gasteiger partial charge in [0.05, 0.1) is 17.4 Å². The third-order valence-electron chi connectivity index (χ3n) is 4.86. The molecular weight excluding hydrogens is 434 g/mol. The first-order valence-electron chi connectivity index (χ1n) is 10.1. The number of halogens is 1. The minimum absolute atomic E-state index is 0.125. The number of hydrogen-bond acceptors (Lipinski definition) is 6. The van der Waals surface area contributed by atoms with Crippen LogP contribution in [0.1, 0.15) is 19.2 Å². The van der Waals surface area contributed by atoms with Gasteiger partial charge in [0, 0.05) is 29.1 Å². The number of amides is 1. The molecule has 0 fully saturated rings. The molecule has 0 radical (unpaired) electrons. The molecule has 0 unspecified atom stereocenters. The molecule has 1 amide bonds. The Balaban J connectivity index is 1.50. The van der Waals surface area contributed by atoms with E-state index in [1.807, 2.05) is 6.92 Å². The van der Waals surface area contributed by atoms with E-state index < -0.39 is 5.63 Å². The van der Waals surface area contributed by atoms with E-state index >= 15 is 0 Å². The van der Waals surface area contributed by atoms with Gasteiger partial charge >= 0.3 is 5.63 Å². The lowest BCUT2D eigenvalue weighted by molar-refractivity contribution is -0.134. The number of hydrogen-bond donors (Lipinski definition) is 1. The SMILES string of the molecule is CCCN(Cc1nc2cc(Cl)ccc2c(=O)[nH]1)C(=O)COc1ccc2ccc(=O)oc2c1. The van der Waals surface area contributed by atoms with Gasteiger partial charge in [-0.1, -0.05) is 18.5 Å². The van der Waals surface area contributed by atoms with E-state index in [4.69, 9.17) is 20.8 Å². The highest BCUT2D eigenvalue weighted by Crippen LogP contribution is 2.20. The second-order valence-corrected chi connectivity index (χ2v) is 7.67. The quantitative estimate of drug-likeness (QED) is 0.429. The van der Waals surface area contributed by atoms with E-state index in [2.05, 4.69) is 9.97 Å². The number of carbonyl (C=O) groups excluding carboxylic acids is 1. The molecule has 2 heterocycles. The molecule has 0 aliphatic heterocycles. The lowest BCUT2D eigenvalue weighted by Crippen LogP contribution is -2.36. The van der Waals surface area contributed by atoms with Crippen molar-refractivity contribution >= 4 is 39.4 Å². The van der Waals surface area contributed by atoms with E-state index in [1.54, 1.807) is 47.4 Å². The van der Waals surface area contributed by atoms with Crippen molar-refractivity contribution in [2.24, 2.45) is 0 Å². The molecule has 4 aromatic rings. The zero-order chi connectivity index (χ0) is 22.7. The monoisotopic (exact) mass is 453 g/mol. The summed E-state index contributed by atoms with van der Waals surface area (Å²) in [7, 11) is 0. The summed E-state index contributed by atoms with van der Waals surface area (Å²) in [6, 6.07) is 12.9. The smallest absolute Gasteiger partial charge is 0.336 e. The summed E-state index contributed by atoms with van der Waals surface area (Å²) in [5.41, 5.74) is 0.0935. The predicted octanol–water partition coefficient (Wildman–Crippen LogP) is 3.50. The molecule has 9 heteroatoms. The maximum atomic E-state index is 12.8. The number of aromatic amines is 1. The molecule has 2 aromatic heterocycles. The van der Waals surface area contributed by atoms with Crippen LogP contribution >= 0.6 is 11.6 Å². The van der Waals surface area contributed by atoms with Crippen LogP contribution in [0, 0.1) is 0 Å². The summed E-state index contributed by atoms with van der Waals surface area (Å²) < 4.78 is 10.8. The maximum Gasteiger partial charge on any atom is 0.336 e. The first-order chi connectivity index (χ1) is 15.4. The second-order valence-electron chi connectivity index (χ2n) is 7.23. The summed E-state index contributed by atoms with van der Waals surface area (Å²) >= 11 is 6.02. The van der Waals surface area contributed by atoms with Crippen molar-refractivity contribution in [3.05, 3.63) is 80.2 Å². The minimum Gasteiger partial charge on any atom is -0.484 e. The van der Waals surface area contributed by atoms with Crippen molar-refractivity contribution in [3.63, 3.8) is 0 Å². The number of ether oxygens (including phenoxy) is 1. The number of fused-ring (bicyclic) bond motifs is 2. The molecule has 0 aliphatic rings. The Labute approximate surface area is 187 Å². The highest BCUT2D eigenvalue weighted by molar-refractivity contribution is 6.31. The zero-order valence-electron chi connectivity index (χ0n) is 17.3. The molecular formula is C23H20ClN3O5. The molecule has 0 saturated carbocycles. The van der Waals surface area contributed by atoms with E-state index in [9.17, 15) is 14.4 Å². The molecule has 164 valence electrons. The van der Waals surface area contributed by atoms with Gasteiger partial charge in [-0.2, -0.15) is 0 Å². The maximum absolute atomic E-state index is 12.8. The summed E-state index contributed by atoms with van der Waals surface area (Å²) in [6.45, 7) is 2.32. The van der Waals surface area contributed by atoms with Crippen LogP contribution in [0.3, 0.4) is 0 Å². The van der Waals surface area contributed by atoms with Crippen LogP contribution in [0.25, 0.3) is 21.9 Å². The topological polar surface area (TPSA) is 106 Å². The highest BCUT2D eigenvalue weighted by Gasteiger charge is 2.16. The van der Waals surface area contributed by atoms with Crippen molar-refractivity contribution < 1.29 is 13.9 Å². The van der Waals surface area contributed by atoms with Gasteiger partial charge in [-0.05, 0) is 42.8 Å². The lowest BCUT2D eigenvalue weighted by Gasteiger charge is -2.22. The molecule has 0 bridgehead atoms. The van der Waals surface area contributed by atoms with Crippen LogP contribution < -0.4 is 15.9 Å². The summed E-state index contributed by atoms with van der Waals surface area (Å²) in [5.74, 6) is 0.498. The van der Waals surface area contributed by atoms with Crippen molar-refractivity contribution in [1.29, 1.82) is 0 Å². The third-order valence-corrected chi connectivity index (χ3v) is 5.10. The number of benzene rings is 2. The van der Waals surface area contributed by atoms with Gasteiger partial charge in [0.1, 0.15) is 17.2 Å². The molecule has 0 atom stereocenters. The highest BCUT2D eigenvalue weighted by atomic mass is 35.5. The number of nitrogens with zero attached hydrogens (tertiary/aromatic N) is 2. The van der Waals surface area contributed by atoms with Crippen molar-refractivity contribution in [1.82, 2.24) is 14.9 Å². The first kappa shape index (κ1) is 21.6. The Morgan fingerprint density at radius 3 is 2.78 bits per heavy atom. The molecule has 2 aromatic carbocycles. The fraction of sp³-hybridized carbons (Fsp3) is 0.217. The molecule has 4 rings (SSSR count). The fourth-order valence-corrected chi connectivity index (χ4v) is 3.51. The van der Waals surface area contributed by atoms with E-state index in [-0.39, 0.29) is 24.6 Å². The summed E-state index contributed by atoms with van der Waals surface area (Å²) in [6.07, 6.45) is 0.719. The van der Waals surface area contributed by atoms with Crippen molar-refractivity contribution in [3.8, 4) is 5.75 Å². The van der Waals surface area contributed by atoms with Gasteiger partial charge < -0.3 is 19.0 Å². The van der Waals surface area contributed by atoms with Gasteiger partial charge in [0.15, 0.2) is 6.61 Å². The average molecular weight is 454 g/mol. The van der Waals surface area contributed by atoms with Crippen LogP contribution in [0.4, 0.5) is 0 Å². The Kier molecular flexibility index (Phi) is 6.23. The van der Waals surface area contributed by atoms with Gasteiger partial charge in [-0.3, -0.25) is 9.59 Å². The zero-order valence-corrected chi connectivity index (χ0v) is 18.0. The fourth-order valence-electron chi connectivity index (χ4n) is 3.35. The number of H-pyrrole nitrogens is 1. The first-order valence-corrected chi connectivity index (χ1v) is 10.4. The van der Waals surface area contributed by atoms with Crippen LogP contribution in [0.5, 0.6) is 5.75 Å². The van der Waals surface area contributed by atoms with E-state index in [0.717, 1.165) is 11.8 Å². The second kappa shape index (κ2) is 9.23. The molecule has 1 N–H and O–H groups in total. The minimum atomic E-state index is -0.460. The number of aromatic nitrogens is 2. The Hall–Kier alpha value is -3.65. The van der Waals surface area contributed by atoms with Gasteiger partial charge in [-0.15, -0.1) is 0 Å². The number of rotatable bonds is 7. The summed E-state index contributed by atoms with van der Waals surface area (Å²) in [5, 5.41) is 1.66. The molecule has 0 spiro atoms. The van der Waals surface area contributed by atoms with Crippen LogP contribution in [0.15, 0.2) is 62.5 Å². The molecule has 0 aliphatic carbocycles. The molecule has 0 saturated heterocycles. The van der Waals surface area contributed by atoms with Gasteiger partial charge in [0.2, 0.25) is 0 Å². The molecule has 32 heavy (non-hydrogen) atoms.